The van der Waals surface area contributed by atoms with Gasteiger partial charge in [0.2, 0.25) is 6.08 Å². The SMILES string of the molecule is O=C=Nc1ccc(-c2c[nH]c(=O)cn2)cc1. The van der Waals surface area contributed by atoms with E-state index in [1.54, 1.807) is 24.3 Å². The third-order valence-corrected chi connectivity index (χ3v) is 2.01. The highest BCUT2D eigenvalue weighted by atomic mass is 16.1. The molecule has 0 fully saturated rings. The number of aromatic nitrogens is 2. The van der Waals surface area contributed by atoms with Crippen molar-refractivity contribution >= 4 is 11.8 Å². The monoisotopic (exact) mass is 213 g/mol. The number of isocyanates is 1. The maximum absolute atomic E-state index is 10.8. The van der Waals surface area contributed by atoms with Gasteiger partial charge in [0.15, 0.2) is 0 Å². The maximum Gasteiger partial charge on any atom is 0.266 e. The van der Waals surface area contributed by atoms with Gasteiger partial charge in [-0.2, -0.15) is 4.99 Å². The van der Waals surface area contributed by atoms with Crippen molar-refractivity contribution in [1.29, 1.82) is 0 Å². The van der Waals surface area contributed by atoms with E-state index in [0.717, 1.165) is 5.56 Å². The summed E-state index contributed by atoms with van der Waals surface area (Å²) in [5.41, 5.74) is 1.77. The number of aromatic amines is 1. The highest BCUT2D eigenvalue weighted by Gasteiger charge is 1.98. The Morgan fingerprint density at radius 2 is 2.00 bits per heavy atom. The van der Waals surface area contributed by atoms with Crippen molar-refractivity contribution in [3.8, 4) is 11.3 Å². The van der Waals surface area contributed by atoms with E-state index < -0.39 is 0 Å². The fourth-order valence-electron chi connectivity index (χ4n) is 1.26. The van der Waals surface area contributed by atoms with Crippen LogP contribution in [0.15, 0.2) is 46.4 Å². The van der Waals surface area contributed by atoms with E-state index in [1.165, 1.54) is 18.5 Å². The molecule has 0 saturated heterocycles. The second kappa shape index (κ2) is 4.33. The third-order valence-electron chi connectivity index (χ3n) is 2.01. The minimum absolute atomic E-state index is 0.245. The zero-order valence-electron chi connectivity index (χ0n) is 8.18. The molecule has 16 heavy (non-hydrogen) atoms. The summed E-state index contributed by atoms with van der Waals surface area (Å²) in [5.74, 6) is 0. The fraction of sp³-hybridized carbons (Fsp3) is 0. The number of nitrogens with zero attached hydrogens (tertiary/aromatic N) is 2. The van der Waals surface area contributed by atoms with Gasteiger partial charge in [0, 0.05) is 11.8 Å². The van der Waals surface area contributed by atoms with Gasteiger partial charge in [-0.1, -0.05) is 12.1 Å². The standard InChI is InChI=1S/C11H7N3O2/c15-7-14-9-3-1-8(2-4-9)10-5-13-11(16)6-12-10/h1-6H,(H,13,16). The number of carbonyl (C=O) groups excluding carboxylic acids is 1. The summed E-state index contributed by atoms with van der Waals surface area (Å²) in [6, 6.07) is 6.87. The Morgan fingerprint density at radius 1 is 1.25 bits per heavy atom. The molecule has 0 aliphatic rings. The predicted octanol–water partition coefficient (Wildman–Crippen LogP) is 1.40. The molecular weight excluding hydrogens is 206 g/mol. The van der Waals surface area contributed by atoms with E-state index in [0.29, 0.717) is 11.4 Å². The number of aliphatic imine (C=N–C) groups is 1. The van der Waals surface area contributed by atoms with Crippen molar-refractivity contribution in [3.05, 3.63) is 47.0 Å². The molecule has 1 aromatic heterocycles. The van der Waals surface area contributed by atoms with Crippen LogP contribution in [0.1, 0.15) is 0 Å². The van der Waals surface area contributed by atoms with Crippen molar-refractivity contribution in [2.24, 2.45) is 4.99 Å². The molecule has 0 spiro atoms. The molecule has 1 aromatic carbocycles. The summed E-state index contributed by atoms with van der Waals surface area (Å²) in [5, 5.41) is 0. The Bertz CT molecular complexity index is 575. The van der Waals surface area contributed by atoms with Crippen molar-refractivity contribution in [2.75, 3.05) is 0 Å². The normalized spacial score (nSPS) is 9.50. The molecule has 2 rings (SSSR count). The van der Waals surface area contributed by atoms with Gasteiger partial charge in [0.05, 0.1) is 17.6 Å². The van der Waals surface area contributed by atoms with Gasteiger partial charge >= 0.3 is 0 Å². The molecular formula is C11H7N3O2. The molecule has 2 aromatic rings. The number of benzene rings is 1. The molecule has 0 radical (unpaired) electrons. The van der Waals surface area contributed by atoms with E-state index in [2.05, 4.69) is 15.0 Å². The summed E-state index contributed by atoms with van der Waals surface area (Å²) >= 11 is 0. The highest BCUT2D eigenvalue weighted by Crippen LogP contribution is 2.19. The zero-order chi connectivity index (χ0) is 11.4. The van der Waals surface area contributed by atoms with Crippen molar-refractivity contribution in [3.63, 3.8) is 0 Å². The van der Waals surface area contributed by atoms with Gasteiger partial charge in [-0.25, -0.2) is 9.78 Å². The van der Waals surface area contributed by atoms with Crippen LogP contribution in [0.25, 0.3) is 11.3 Å². The van der Waals surface area contributed by atoms with Crippen molar-refractivity contribution in [1.82, 2.24) is 9.97 Å². The second-order valence-corrected chi connectivity index (χ2v) is 3.05. The van der Waals surface area contributed by atoms with Crippen LogP contribution >= 0.6 is 0 Å². The van der Waals surface area contributed by atoms with Crippen LogP contribution in [-0.2, 0) is 4.79 Å². The van der Waals surface area contributed by atoms with Crippen LogP contribution in [0, 0.1) is 0 Å². The first-order chi connectivity index (χ1) is 7.79. The van der Waals surface area contributed by atoms with Crippen molar-refractivity contribution < 1.29 is 4.79 Å². The van der Waals surface area contributed by atoms with E-state index in [9.17, 15) is 9.59 Å². The highest BCUT2D eigenvalue weighted by molar-refractivity contribution is 5.61. The number of rotatable bonds is 2. The summed E-state index contributed by atoms with van der Waals surface area (Å²) in [4.78, 5) is 30.8. The van der Waals surface area contributed by atoms with Gasteiger partial charge in [-0.15, -0.1) is 0 Å². The average molecular weight is 213 g/mol. The lowest BCUT2D eigenvalue weighted by molar-refractivity contribution is 0.565. The minimum atomic E-state index is -0.245. The van der Waals surface area contributed by atoms with E-state index in [1.807, 2.05) is 0 Å². The first-order valence-electron chi connectivity index (χ1n) is 4.52. The van der Waals surface area contributed by atoms with Crippen LogP contribution in [0.5, 0.6) is 0 Å². The molecule has 0 aliphatic carbocycles. The molecule has 1 N–H and O–H groups in total. The van der Waals surface area contributed by atoms with Gasteiger partial charge in [-0.05, 0) is 12.1 Å². The third kappa shape index (κ3) is 2.10. The summed E-state index contributed by atoms with van der Waals surface area (Å²) in [6.07, 6.45) is 4.21. The van der Waals surface area contributed by atoms with Gasteiger partial charge in [0.1, 0.15) is 0 Å². The topological polar surface area (TPSA) is 75.2 Å². The summed E-state index contributed by atoms with van der Waals surface area (Å²) in [7, 11) is 0. The van der Waals surface area contributed by atoms with Gasteiger partial charge < -0.3 is 4.98 Å². The molecule has 1 heterocycles. The smallest absolute Gasteiger partial charge is 0.266 e. The minimum Gasteiger partial charge on any atom is -0.326 e. The van der Waals surface area contributed by atoms with Crippen LogP contribution in [0.3, 0.4) is 0 Å². The molecule has 5 heteroatoms. The number of hydrogen-bond acceptors (Lipinski definition) is 4. The van der Waals surface area contributed by atoms with Crippen molar-refractivity contribution in [2.45, 2.75) is 0 Å². The Labute approximate surface area is 90.5 Å². The molecule has 0 amide bonds. The van der Waals surface area contributed by atoms with Crippen LogP contribution in [0.2, 0.25) is 0 Å². The summed E-state index contributed by atoms with van der Waals surface area (Å²) < 4.78 is 0. The fourth-order valence-corrected chi connectivity index (χ4v) is 1.26. The second-order valence-electron chi connectivity index (χ2n) is 3.05. The Hall–Kier alpha value is -2.52. The predicted molar refractivity (Wildman–Crippen MR) is 58.1 cm³/mol. The lowest BCUT2D eigenvalue weighted by atomic mass is 10.1. The van der Waals surface area contributed by atoms with Gasteiger partial charge in [-0.3, -0.25) is 4.79 Å². The molecule has 0 aliphatic heterocycles. The summed E-state index contributed by atoms with van der Waals surface area (Å²) in [6.45, 7) is 0. The first-order valence-corrected chi connectivity index (χ1v) is 4.52. The molecule has 0 unspecified atom stereocenters. The molecule has 78 valence electrons. The van der Waals surface area contributed by atoms with Crippen LogP contribution in [-0.4, -0.2) is 16.0 Å². The Balaban J connectivity index is 2.38. The van der Waals surface area contributed by atoms with E-state index in [4.69, 9.17) is 0 Å². The van der Waals surface area contributed by atoms with E-state index in [-0.39, 0.29) is 5.56 Å². The number of H-pyrrole nitrogens is 1. The lowest BCUT2D eigenvalue weighted by Gasteiger charge is -1.99. The Morgan fingerprint density at radius 3 is 2.56 bits per heavy atom. The van der Waals surface area contributed by atoms with Crippen LogP contribution < -0.4 is 5.56 Å². The molecule has 5 nitrogen and oxygen atoms in total. The maximum atomic E-state index is 10.8. The number of nitrogens with one attached hydrogen (secondary N) is 1. The largest absolute Gasteiger partial charge is 0.326 e. The van der Waals surface area contributed by atoms with E-state index >= 15 is 0 Å². The average Bonchev–Trinajstić information content (AvgIpc) is 2.32. The Kier molecular flexibility index (Phi) is 2.71. The first kappa shape index (κ1) is 10.0. The molecule has 0 saturated carbocycles. The van der Waals surface area contributed by atoms with Crippen LogP contribution in [0.4, 0.5) is 5.69 Å². The molecule has 0 bridgehead atoms. The molecule has 0 atom stereocenters. The number of hydrogen-bond donors (Lipinski definition) is 1. The zero-order valence-corrected chi connectivity index (χ0v) is 8.18. The van der Waals surface area contributed by atoms with Gasteiger partial charge in [0.25, 0.3) is 5.56 Å². The quantitative estimate of drug-likeness (QED) is 0.605. The lowest BCUT2D eigenvalue weighted by Crippen LogP contribution is -2.04.